The molecule has 0 fully saturated rings. The second-order valence-corrected chi connectivity index (χ2v) is 7.86. The second-order valence-electron chi connectivity index (χ2n) is 6.55. The van der Waals surface area contributed by atoms with Crippen molar-refractivity contribution in [3.05, 3.63) is 54.4 Å². The fourth-order valence-electron chi connectivity index (χ4n) is 2.62. The van der Waals surface area contributed by atoms with Gasteiger partial charge in [-0.15, -0.1) is 0 Å². The van der Waals surface area contributed by atoms with Gasteiger partial charge in [-0.3, -0.25) is 4.79 Å². The number of thioether (sulfide) groups is 1. The number of nitrogens with one attached hydrogen (secondary N) is 1. The fourth-order valence-corrected chi connectivity index (χ4v) is 3.45. The Hall–Kier alpha value is -2.67. The minimum atomic E-state index is -0.342. The van der Waals surface area contributed by atoms with Gasteiger partial charge in [0.1, 0.15) is 5.82 Å². The summed E-state index contributed by atoms with van der Waals surface area (Å²) in [7, 11) is 0. The number of hydrogen-bond acceptors (Lipinski definition) is 5. The molecule has 1 atom stereocenters. The highest BCUT2D eigenvalue weighted by Gasteiger charge is 2.19. The molecule has 0 bridgehead atoms. The minimum absolute atomic E-state index is 0.103. The van der Waals surface area contributed by atoms with Gasteiger partial charge in [0, 0.05) is 23.4 Å². The molecule has 0 aliphatic heterocycles. The average molecular weight is 382 g/mol. The lowest BCUT2D eigenvalue weighted by atomic mass is 10.1. The molecule has 7 heteroatoms. The van der Waals surface area contributed by atoms with E-state index in [4.69, 9.17) is 0 Å². The fraction of sp³-hybridized carbons (Fsp3) is 0.300. The Labute approximate surface area is 163 Å². The van der Waals surface area contributed by atoms with Crippen molar-refractivity contribution in [3.8, 4) is 11.3 Å². The first kappa shape index (κ1) is 19.1. The third-order valence-electron chi connectivity index (χ3n) is 3.97. The number of nitrogens with zero attached hydrogens (tertiary/aromatic N) is 4. The lowest BCUT2D eigenvalue weighted by Gasteiger charge is -2.15. The molecular formula is C20H23N5OS. The summed E-state index contributed by atoms with van der Waals surface area (Å²) >= 11 is 1.35. The first-order chi connectivity index (χ1) is 12.9. The number of carbonyl (C=O) groups is 1. The Morgan fingerprint density at radius 3 is 2.56 bits per heavy atom. The van der Waals surface area contributed by atoms with E-state index in [0.717, 1.165) is 17.0 Å². The van der Waals surface area contributed by atoms with Crippen LogP contribution >= 0.6 is 11.8 Å². The van der Waals surface area contributed by atoms with E-state index in [9.17, 15) is 4.79 Å². The summed E-state index contributed by atoms with van der Waals surface area (Å²) < 4.78 is 1.78. The van der Waals surface area contributed by atoms with Gasteiger partial charge in [0.25, 0.3) is 0 Å². The Morgan fingerprint density at radius 2 is 1.85 bits per heavy atom. The van der Waals surface area contributed by atoms with Gasteiger partial charge < -0.3 is 5.32 Å². The highest BCUT2D eigenvalue weighted by molar-refractivity contribution is 8.00. The molecule has 1 aromatic carbocycles. The van der Waals surface area contributed by atoms with Crippen molar-refractivity contribution < 1.29 is 4.79 Å². The van der Waals surface area contributed by atoms with Crippen LogP contribution in [0.5, 0.6) is 0 Å². The Kier molecular flexibility index (Phi) is 5.91. The molecule has 0 saturated carbocycles. The number of carbonyl (C=O) groups excluding carboxylic acids is 1. The summed E-state index contributed by atoms with van der Waals surface area (Å²) in [5, 5.41) is 7.43. The van der Waals surface area contributed by atoms with Crippen molar-refractivity contribution in [1.29, 1.82) is 0 Å². The van der Waals surface area contributed by atoms with Gasteiger partial charge in [-0.1, -0.05) is 42.1 Å². The van der Waals surface area contributed by atoms with E-state index in [2.05, 4.69) is 20.4 Å². The quantitative estimate of drug-likeness (QED) is 0.508. The van der Waals surface area contributed by atoms with Crippen molar-refractivity contribution in [3.63, 3.8) is 0 Å². The molecule has 0 aliphatic carbocycles. The summed E-state index contributed by atoms with van der Waals surface area (Å²) in [6, 6.07) is 13.9. The first-order valence-electron chi connectivity index (χ1n) is 8.86. The number of benzene rings is 1. The van der Waals surface area contributed by atoms with Crippen molar-refractivity contribution in [2.24, 2.45) is 0 Å². The predicted molar refractivity (Wildman–Crippen MR) is 109 cm³/mol. The molecule has 6 nitrogen and oxygen atoms in total. The Balaban J connectivity index is 1.73. The van der Waals surface area contributed by atoms with E-state index in [1.807, 2.05) is 64.1 Å². The molecule has 1 amide bonds. The van der Waals surface area contributed by atoms with E-state index in [-0.39, 0.29) is 17.2 Å². The average Bonchev–Trinajstić information content (AvgIpc) is 3.10. The first-order valence-corrected chi connectivity index (χ1v) is 9.74. The van der Waals surface area contributed by atoms with Crippen LogP contribution in [0.4, 0.5) is 5.82 Å². The highest BCUT2D eigenvalue weighted by atomic mass is 32.2. The van der Waals surface area contributed by atoms with Crippen LogP contribution in [0.25, 0.3) is 11.3 Å². The molecule has 1 N–H and O–H groups in total. The molecule has 0 aliphatic rings. The normalized spacial score (nSPS) is 12.2. The molecule has 2 heterocycles. The van der Waals surface area contributed by atoms with Crippen molar-refractivity contribution in [1.82, 2.24) is 19.7 Å². The van der Waals surface area contributed by atoms with Crippen LogP contribution in [-0.4, -0.2) is 30.9 Å². The van der Waals surface area contributed by atoms with Crippen LogP contribution in [0.15, 0.2) is 53.8 Å². The second kappa shape index (κ2) is 8.35. The number of anilines is 1. The predicted octanol–water partition coefficient (Wildman–Crippen LogP) is 4.35. The van der Waals surface area contributed by atoms with E-state index in [1.165, 1.54) is 11.8 Å². The number of amides is 1. The van der Waals surface area contributed by atoms with Gasteiger partial charge >= 0.3 is 0 Å². The number of rotatable bonds is 6. The smallest absolute Gasteiger partial charge is 0.238 e. The maximum absolute atomic E-state index is 12.6. The van der Waals surface area contributed by atoms with E-state index < -0.39 is 0 Å². The zero-order valence-electron chi connectivity index (χ0n) is 15.9. The Bertz CT molecular complexity index is 923. The van der Waals surface area contributed by atoms with Crippen LogP contribution in [-0.2, 0) is 4.79 Å². The van der Waals surface area contributed by atoms with Gasteiger partial charge in [-0.05, 0) is 33.8 Å². The Morgan fingerprint density at radius 1 is 1.11 bits per heavy atom. The van der Waals surface area contributed by atoms with Gasteiger partial charge in [0.2, 0.25) is 5.91 Å². The third kappa shape index (κ3) is 4.74. The van der Waals surface area contributed by atoms with Gasteiger partial charge in [-0.2, -0.15) is 5.10 Å². The number of aromatic nitrogens is 4. The minimum Gasteiger partial charge on any atom is -0.310 e. The van der Waals surface area contributed by atoms with Gasteiger partial charge in [-0.25, -0.2) is 14.6 Å². The van der Waals surface area contributed by atoms with Crippen molar-refractivity contribution in [2.45, 2.75) is 44.1 Å². The van der Waals surface area contributed by atoms with Gasteiger partial charge in [0.15, 0.2) is 5.16 Å². The van der Waals surface area contributed by atoms with Crippen molar-refractivity contribution >= 4 is 23.5 Å². The molecule has 2 aromatic heterocycles. The molecule has 3 rings (SSSR count). The summed E-state index contributed by atoms with van der Waals surface area (Å²) in [5.41, 5.74) is 2.76. The summed E-state index contributed by atoms with van der Waals surface area (Å²) in [6.45, 7) is 7.83. The van der Waals surface area contributed by atoms with E-state index in [0.29, 0.717) is 11.0 Å². The molecule has 3 aromatic rings. The van der Waals surface area contributed by atoms with Crippen LogP contribution in [0.3, 0.4) is 0 Å². The highest BCUT2D eigenvalue weighted by Crippen LogP contribution is 2.25. The summed E-state index contributed by atoms with van der Waals surface area (Å²) in [4.78, 5) is 21.7. The van der Waals surface area contributed by atoms with Crippen molar-refractivity contribution in [2.75, 3.05) is 5.32 Å². The standard InChI is InChI=1S/C20H23N5OS/c1-13(2)25-18(10-11-21-25)24-19(26)15(4)27-20-22-14(3)12-17(23-20)16-8-6-5-7-9-16/h5-13,15H,1-4H3,(H,24,26)/t15-/m1/s1. The molecule has 0 saturated heterocycles. The molecule has 27 heavy (non-hydrogen) atoms. The maximum Gasteiger partial charge on any atom is 0.238 e. The zero-order chi connectivity index (χ0) is 19.4. The topological polar surface area (TPSA) is 72.7 Å². The van der Waals surface area contributed by atoms with Gasteiger partial charge in [0.05, 0.1) is 17.1 Å². The van der Waals surface area contributed by atoms with E-state index >= 15 is 0 Å². The lowest BCUT2D eigenvalue weighted by molar-refractivity contribution is -0.115. The van der Waals surface area contributed by atoms with Crippen LogP contribution < -0.4 is 5.32 Å². The number of aryl methyl sites for hydroxylation is 1. The zero-order valence-corrected chi connectivity index (χ0v) is 16.7. The SMILES string of the molecule is Cc1cc(-c2ccccc2)nc(S[C@H](C)C(=O)Nc2ccnn2C(C)C)n1. The summed E-state index contributed by atoms with van der Waals surface area (Å²) in [5.74, 6) is 0.589. The van der Waals surface area contributed by atoms with Crippen LogP contribution in [0.1, 0.15) is 32.5 Å². The molecule has 0 radical (unpaired) electrons. The molecule has 0 spiro atoms. The number of hydrogen-bond donors (Lipinski definition) is 1. The summed E-state index contributed by atoms with van der Waals surface area (Å²) in [6.07, 6.45) is 1.68. The monoisotopic (exact) mass is 381 g/mol. The molecule has 140 valence electrons. The maximum atomic E-state index is 12.6. The molecule has 0 unspecified atom stereocenters. The largest absolute Gasteiger partial charge is 0.310 e. The van der Waals surface area contributed by atoms with Crippen LogP contribution in [0.2, 0.25) is 0 Å². The third-order valence-corrected chi connectivity index (χ3v) is 4.93. The van der Waals surface area contributed by atoms with Crippen LogP contribution in [0, 0.1) is 6.92 Å². The lowest BCUT2D eigenvalue weighted by Crippen LogP contribution is -2.24. The molecular weight excluding hydrogens is 358 g/mol. The van der Waals surface area contributed by atoms with E-state index in [1.54, 1.807) is 16.9 Å².